The van der Waals surface area contributed by atoms with Gasteiger partial charge in [-0.05, 0) is 17.5 Å². The first kappa shape index (κ1) is 11.8. The van der Waals surface area contributed by atoms with Gasteiger partial charge in [-0.2, -0.15) is 0 Å². The van der Waals surface area contributed by atoms with Gasteiger partial charge in [0.1, 0.15) is 0 Å². The second-order valence-corrected chi connectivity index (χ2v) is 5.28. The van der Waals surface area contributed by atoms with Crippen LogP contribution < -0.4 is 0 Å². The first-order valence-corrected chi connectivity index (χ1v) is 5.92. The Hall–Kier alpha value is -0.640. The van der Waals surface area contributed by atoms with Gasteiger partial charge in [0.25, 0.3) is 0 Å². The van der Waals surface area contributed by atoms with E-state index in [1.165, 1.54) is 0 Å². The van der Waals surface area contributed by atoms with E-state index in [2.05, 4.69) is 23.7 Å². The predicted octanol–water partition coefficient (Wildman–Crippen LogP) is 1.94. The highest BCUT2D eigenvalue weighted by molar-refractivity contribution is 6.31. The van der Waals surface area contributed by atoms with Gasteiger partial charge < -0.3 is 5.11 Å². The standard InChI is InChI=1S/C12H17ClN2O/c1-9(2)12(16)7-15(8-12)6-10-3-4-14-5-11(10)13/h3-5,9,16H,6-8H2,1-2H3. The molecule has 2 rings (SSSR count). The van der Waals surface area contributed by atoms with Crippen LogP contribution in [-0.2, 0) is 6.54 Å². The molecular formula is C12H17ClN2O. The van der Waals surface area contributed by atoms with Gasteiger partial charge in [-0.3, -0.25) is 9.88 Å². The maximum atomic E-state index is 10.1. The van der Waals surface area contributed by atoms with Crippen LogP contribution in [0.2, 0.25) is 5.02 Å². The molecule has 4 heteroatoms. The smallest absolute Gasteiger partial charge is 0.0923 e. The predicted molar refractivity (Wildman–Crippen MR) is 64.3 cm³/mol. The van der Waals surface area contributed by atoms with Gasteiger partial charge in [0.2, 0.25) is 0 Å². The number of hydrogen-bond donors (Lipinski definition) is 1. The summed E-state index contributed by atoms with van der Waals surface area (Å²) in [6.07, 6.45) is 3.40. The van der Waals surface area contributed by atoms with Crippen molar-refractivity contribution < 1.29 is 5.11 Å². The summed E-state index contributed by atoms with van der Waals surface area (Å²) in [5.41, 5.74) is 0.557. The summed E-state index contributed by atoms with van der Waals surface area (Å²) in [4.78, 5) is 6.15. The summed E-state index contributed by atoms with van der Waals surface area (Å²) in [6, 6.07) is 1.93. The summed E-state index contributed by atoms with van der Waals surface area (Å²) in [5.74, 6) is 0.302. The van der Waals surface area contributed by atoms with Crippen molar-refractivity contribution in [1.29, 1.82) is 0 Å². The van der Waals surface area contributed by atoms with Crippen molar-refractivity contribution in [3.63, 3.8) is 0 Å². The summed E-state index contributed by atoms with van der Waals surface area (Å²) in [5, 5.41) is 10.8. The van der Waals surface area contributed by atoms with Crippen molar-refractivity contribution >= 4 is 11.6 Å². The van der Waals surface area contributed by atoms with Crippen LogP contribution >= 0.6 is 11.6 Å². The number of nitrogens with zero attached hydrogens (tertiary/aromatic N) is 2. The zero-order valence-electron chi connectivity index (χ0n) is 9.65. The molecule has 0 amide bonds. The van der Waals surface area contributed by atoms with Crippen LogP contribution in [-0.4, -0.2) is 33.7 Å². The van der Waals surface area contributed by atoms with Crippen LogP contribution in [0.4, 0.5) is 0 Å². The molecule has 0 radical (unpaired) electrons. The number of aliphatic hydroxyl groups is 1. The molecule has 0 saturated carbocycles. The zero-order valence-corrected chi connectivity index (χ0v) is 10.4. The Balaban J connectivity index is 1.93. The lowest BCUT2D eigenvalue weighted by molar-refractivity contribution is -0.130. The molecule has 3 nitrogen and oxygen atoms in total. The minimum atomic E-state index is -0.514. The Bertz CT molecular complexity index is 375. The van der Waals surface area contributed by atoms with Crippen LogP contribution in [0.5, 0.6) is 0 Å². The van der Waals surface area contributed by atoms with E-state index in [0.29, 0.717) is 10.9 Å². The molecule has 1 aliphatic rings. The molecule has 1 aromatic rings. The van der Waals surface area contributed by atoms with E-state index in [4.69, 9.17) is 11.6 Å². The molecule has 0 aromatic carbocycles. The topological polar surface area (TPSA) is 36.4 Å². The fourth-order valence-corrected chi connectivity index (χ4v) is 2.16. The molecule has 1 aliphatic heterocycles. The van der Waals surface area contributed by atoms with Gasteiger partial charge in [0.15, 0.2) is 0 Å². The van der Waals surface area contributed by atoms with Crippen molar-refractivity contribution in [3.05, 3.63) is 29.0 Å². The Kier molecular flexibility index (Phi) is 3.19. The number of β-amino-alcohol motifs (C(OH)–C–C–N with tert-alkyl or cyclic N) is 1. The van der Waals surface area contributed by atoms with E-state index < -0.39 is 5.60 Å². The number of halogens is 1. The molecule has 2 heterocycles. The van der Waals surface area contributed by atoms with Crippen LogP contribution in [0.15, 0.2) is 18.5 Å². The monoisotopic (exact) mass is 240 g/mol. The molecular weight excluding hydrogens is 224 g/mol. The maximum Gasteiger partial charge on any atom is 0.0923 e. The van der Waals surface area contributed by atoms with Crippen molar-refractivity contribution in [3.8, 4) is 0 Å². The Morgan fingerprint density at radius 2 is 2.25 bits per heavy atom. The van der Waals surface area contributed by atoms with Gasteiger partial charge in [-0.15, -0.1) is 0 Å². The lowest BCUT2D eigenvalue weighted by Gasteiger charge is -2.49. The first-order chi connectivity index (χ1) is 7.51. The summed E-state index contributed by atoms with van der Waals surface area (Å²) in [6.45, 7) is 6.34. The highest BCUT2D eigenvalue weighted by atomic mass is 35.5. The van der Waals surface area contributed by atoms with Crippen molar-refractivity contribution in [2.75, 3.05) is 13.1 Å². The molecule has 0 unspecified atom stereocenters. The number of pyridine rings is 1. The van der Waals surface area contributed by atoms with Gasteiger partial charge >= 0.3 is 0 Å². The second-order valence-electron chi connectivity index (χ2n) is 4.87. The Morgan fingerprint density at radius 1 is 1.56 bits per heavy atom. The quantitative estimate of drug-likeness (QED) is 0.877. The molecule has 1 aromatic heterocycles. The SMILES string of the molecule is CC(C)C1(O)CN(Cc2ccncc2Cl)C1. The molecule has 1 saturated heterocycles. The molecule has 1 N–H and O–H groups in total. The highest BCUT2D eigenvalue weighted by Gasteiger charge is 2.43. The third-order valence-electron chi connectivity index (χ3n) is 3.32. The average Bonchev–Trinajstić information content (AvgIpc) is 2.18. The van der Waals surface area contributed by atoms with Crippen molar-refractivity contribution in [2.45, 2.75) is 26.0 Å². The van der Waals surface area contributed by atoms with E-state index in [1.807, 2.05) is 6.07 Å². The Morgan fingerprint density at radius 3 is 2.81 bits per heavy atom. The second kappa shape index (κ2) is 4.32. The number of rotatable bonds is 3. The molecule has 0 bridgehead atoms. The van der Waals surface area contributed by atoms with Crippen LogP contribution in [0.25, 0.3) is 0 Å². The summed E-state index contributed by atoms with van der Waals surface area (Å²) >= 11 is 6.03. The van der Waals surface area contributed by atoms with Crippen LogP contribution in [0, 0.1) is 5.92 Å². The lowest BCUT2D eigenvalue weighted by Crippen LogP contribution is -2.63. The van der Waals surface area contributed by atoms with E-state index in [-0.39, 0.29) is 0 Å². The molecule has 0 atom stereocenters. The molecule has 0 spiro atoms. The summed E-state index contributed by atoms with van der Waals surface area (Å²) in [7, 11) is 0. The molecule has 16 heavy (non-hydrogen) atoms. The number of likely N-dealkylation sites (tertiary alicyclic amines) is 1. The van der Waals surface area contributed by atoms with Crippen molar-refractivity contribution in [1.82, 2.24) is 9.88 Å². The van der Waals surface area contributed by atoms with E-state index in [1.54, 1.807) is 12.4 Å². The molecule has 0 aliphatic carbocycles. The van der Waals surface area contributed by atoms with Gasteiger partial charge in [0, 0.05) is 32.0 Å². The minimum Gasteiger partial charge on any atom is -0.387 e. The van der Waals surface area contributed by atoms with Gasteiger partial charge in [-0.25, -0.2) is 0 Å². The number of hydrogen-bond acceptors (Lipinski definition) is 3. The van der Waals surface area contributed by atoms with Gasteiger partial charge in [0.05, 0.1) is 10.6 Å². The van der Waals surface area contributed by atoms with Crippen LogP contribution in [0.1, 0.15) is 19.4 Å². The maximum absolute atomic E-state index is 10.1. The zero-order chi connectivity index (χ0) is 11.8. The number of aromatic nitrogens is 1. The van der Waals surface area contributed by atoms with Crippen LogP contribution in [0.3, 0.4) is 0 Å². The first-order valence-electron chi connectivity index (χ1n) is 5.54. The minimum absolute atomic E-state index is 0.302. The Labute approximate surface area is 101 Å². The summed E-state index contributed by atoms with van der Waals surface area (Å²) < 4.78 is 0. The highest BCUT2D eigenvalue weighted by Crippen LogP contribution is 2.30. The third kappa shape index (κ3) is 2.21. The average molecular weight is 241 g/mol. The van der Waals surface area contributed by atoms with E-state index in [9.17, 15) is 5.11 Å². The fraction of sp³-hybridized carbons (Fsp3) is 0.583. The van der Waals surface area contributed by atoms with Crippen molar-refractivity contribution in [2.24, 2.45) is 5.92 Å². The van der Waals surface area contributed by atoms with E-state index in [0.717, 1.165) is 25.2 Å². The third-order valence-corrected chi connectivity index (χ3v) is 3.66. The molecule has 1 fully saturated rings. The normalized spacial score (nSPS) is 19.8. The lowest BCUT2D eigenvalue weighted by atomic mass is 9.83. The van der Waals surface area contributed by atoms with E-state index >= 15 is 0 Å². The van der Waals surface area contributed by atoms with Gasteiger partial charge in [-0.1, -0.05) is 25.4 Å². The molecule has 88 valence electrons. The largest absolute Gasteiger partial charge is 0.387 e. The fourth-order valence-electron chi connectivity index (χ4n) is 1.98.